The summed E-state index contributed by atoms with van der Waals surface area (Å²) in [5.41, 5.74) is -0.775. The van der Waals surface area contributed by atoms with E-state index in [9.17, 15) is 15.0 Å². The van der Waals surface area contributed by atoms with Crippen molar-refractivity contribution in [2.24, 2.45) is 11.3 Å². The number of ether oxygens (including phenoxy) is 2. The zero-order chi connectivity index (χ0) is 15.0. The van der Waals surface area contributed by atoms with Crippen molar-refractivity contribution in [3.63, 3.8) is 0 Å². The van der Waals surface area contributed by atoms with Crippen LogP contribution in [-0.2, 0) is 14.3 Å². The molecule has 3 unspecified atom stereocenters. The molecule has 0 amide bonds. The third-order valence-electron chi connectivity index (χ3n) is 4.35. The number of aliphatic carboxylic acids is 1. The van der Waals surface area contributed by atoms with Crippen LogP contribution in [0.1, 0.15) is 45.4 Å². The molecule has 118 valence electrons. The van der Waals surface area contributed by atoms with Gasteiger partial charge in [-0.15, -0.1) is 0 Å². The first-order valence-corrected chi connectivity index (χ1v) is 7.52. The van der Waals surface area contributed by atoms with Crippen LogP contribution in [0.5, 0.6) is 0 Å². The summed E-state index contributed by atoms with van der Waals surface area (Å²) in [6, 6.07) is 0. The molecule has 0 aliphatic heterocycles. The van der Waals surface area contributed by atoms with E-state index < -0.39 is 17.5 Å². The van der Waals surface area contributed by atoms with Crippen molar-refractivity contribution in [1.82, 2.24) is 0 Å². The Morgan fingerprint density at radius 3 is 2.80 bits per heavy atom. The molecule has 0 saturated heterocycles. The lowest BCUT2D eigenvalue weighted by molar-refractivity contribution is -0.155. The highest BCUT2D eigenvalue weighted by Crippen LogP contribution is 2.44. The van der Waals surface area contributed by atoms with E-state index in [4.69, 9.17) is 9.47 Å². The molecule has 0 heterocycles. The van der Waals surface area contributed by atoms with Gasteiger partial charge >= 0.3 is 5.97 Å². The predicted octanol–water partition coefficient (Wildman–Crippen LogP) is 2.07. The minimum absolute atomic E-state index is 0.176. The minimum Gasteiger partial charge on any atom is -0.481 e. The van der Waals surface area contributed by atoms with Gasteiger partial charge in [-0.2, -0.15) is 0 Å². The number of hydrogen-bond acceptors (Lipinski definition) is 4. The summed E-state index contributed by atoms with van der Waals surface area (Å²) < 4.78 is 10.1. The van der Waals surface area contributed by atoms with Gasteiger partial charge in [0.25, 0.3) is 0 Å². The number of hydrogen-bond donors (Lipinski definition) is 2. The molecule has 1 fully saturated rings. The second kappa shape index (κ2) is 8.60. The molecule has 5 heteroatoms. The Morgan fingerprint density at radius 2 is 2.20 bits per heavy atom. The fourth-order valence-corrected chi connectivity index (χ4v) is 3.17. The summed E-state index contributed by atoms with van der Waals surface area (Å²) in [7, 11) is 1.59. The maximum atomic E-state index is 11.7. The fraction of sp³-hybridized carbons (Fsp3) is 0.933. The monoisotopic (exact) mass is 288 g/mol. The van der Waals surface area contributed by atoms with Crippen molar-refractivity contribution in [3.8, 4) is 0 Å². The van der Waals surface area contributed by atoms with Crippen molar-refractivity contribution in [2.75, 3.05) is 26.9 Å². The summed E-state index contributed by atoms with van der Waals surface area (Å²) >= 11 is 0. The molecule has 0 aromatic heterocycles. The molecule has 1 rings (SSSR count). The summed E-state index contributed by atoms with van der Waals surface area (Å²) in [4.78, 5) is 11.7. The standard InChI is InChI=1S/C15H28O5/c1-3-12-5-4-6-15(9-12,14(17)18)10-13(16)11-20-8-7-19-2/h12-13,16H,3-11H2,1-2H3,(H,17,18). The van der Waals surface area contributed by atoms with Crippen LogP contribution < -0.4 is 0 Å². The minimum atomic E-state index is -0.775. The van der Waals surface area contributed by atoms with Gasteiger partial charge in [-0.05, 0) is 25.2 Å². The molecule has 0 aromatic rings. The van der Waals surface area contributed by atoms with E-state index in [0.29, 0.717) is 32.0 Å². The maximum Gasteiger partial charge on any atom is 0.309 e. The van der Waals surface area contributed by atoms with E-state index >= 15 is 0 Å². The van der Waals surface area contributed by atoms with Gasteiger partial charge in [0, 0.05) is 7.11 Å². The molecule has 1 aliphatic carbocycles. The molecule has 0 aromatic carbocycles. The third-order valence-corrected chi connectivity index (χ3v) is 4.35. The first-order valence-electron chi connectivity index (χ1n) is 7.52. The lowest BCUT2D eigenvalue weighted by atomic mass is 9.66. The normalized spacial score (nSPS) is 28.2. The molecule has 1 aliphatic rings. The molecule has 1 saturated carbocycles. The Morgan fingerprint density at radius 1 is 1.45 bits per heavy atom. The van der Waals surface area contributed by atoms with Crippen LogP contribution in [0.3, 0.4) is 0 Å². The zero-order valence-corrected chi connectivity index (χ0v) is 12.6. The van der Waals surface area contributed by atoms with E-state index in [1.165, 1.54) is 0 Å². The molecule has 20 heavy (non-hydrogen) atoms. The van der Waals surface area contributed by atoms with E-state index in [0.717, 1.165) is 19.3 Å². The second-order valence-corrected chi connectivity index (χ2v) is 5.88. The molecular weight excluding hydrogens is 260 g/mol. The summed E-state index contributed by atoms with van der Waals surface area (Å²) in [5, 5.41) is 19.6. The smallest absolute Gasteiger partial charge is 0.309 e. The number of carbonyl (C=O) groups is 1. The third kappa shape index (κ3) is 5.04. The maximum absolute atomic E-state index is 11.7. The molecule has 0 bridgehead atoms. The zero-order valence-electron chi connectivity index (χ0n) is 12.6. The number of aliphatic hydroxyl groups excluding tert-OH is 1. The Balaban J connectivity index is 2.51. The van der Waals surface area contributed by atoms with Gasteiger partial charge in [-0.1, -0.05) is 26.2 Å². The van der Waals surface area contributed by atoms with Gasteiger partial charge in [-0.25, -0.2) is 0 Å². The highest BCUT2D eigenvalue weighted by molar-refractivity contribution is 5.74. The molecule has 5 nitrogen and oxygen atoms in total. The quantitative estimate of drug-likeness (QED) is 0.635. The van der Waals surface area contributed by atoms with Gasteiger partial charge in [0.2, 0.25) is 0 Å². The van der Waals surface area contributed by atoms with Crippen molar-refractivity contribution in [2.45, 2.75) is 51.6 Å². The lowest BCUT2D eigenvalue weighted by Gasteiger charge is -2.38. The van der Waals surface area contributed by atoms with Crippen LogP contribution in [0.25, 0.3) is 0 Å². The van der Waals surface area contributed by atoms with E-state index in [1.54, 1.807) is 7.11 Å². The number of carboxylic acid groups (broad SMARTS) is 1. The van der Waals surface area contributed by atoms with Crippen molar-refractivity contribution < 1.29 is 24.5 Å². The molecule has 0 radical (unpaired) electrons. The number of rotatable bonds is 9. The Hall–Kier alpha value is -0.650. The lowest BCUT2D eigenvalue weighted by Crippen LogP contribution is -2.40. The van der Waals surface area contributed by atoms with E-state index in [-0.39, 0.29) is 13.0 Å². The van der Waals surface area contributed by atoms with E-state index in [2.05, 4.69) is 6.92 Å². The SMILES string of the molecule is CCC1CCCC(CC(O)COCCOC)(C(=O)O)C1. The molecule has 2 N–H and O–H groups in total. The van der Waals surface area contributed by atoms with Gasteiger partial charge in [-0.3, -0.25) is 4.79 Å². The summed E-state index contributed by atoms with van der Waals surface area (Å²) in [6.45, 7) is 3.18. The van der Waals surface area contributed by atoms with Gasteiger partial charge in [0.05, 0.1) is 31.3 Å². The van der Waals surface area contributed by atoms with Crippen LogP contribution in [-0.4, -0.2) is 49.2 Å². The molecule has 3 atom stereocenters. The first-order chi connectivity index (χ1) is 9.54. The first kappa shape index (κ1) is 17.4. The van der Waals surface area contributed by atoms with Crippen molar-refractivity contribution in [3.05, 3.63) is 0 Å². The molecular formula is C15H28O5. The van der Waals surface area contributed by atoms with Crippen molar-refractivity contribution >= 4 is 5.97 Å². The average Bonchev–Trinajstić information content (AvgIpc) is 2.43. The van der Waals surface area contributed by atoms with Gasteiger partial charge in [0.15, 0.2) is 0 Å². The summed E-state index contributed by atoms with van der Waals surface area (Å²) in [5.74, 6) is -0.312. The van der Waals surface area contributed by atoms with Crippen LogP contribution in [0.15, 0.2) is 0 Å². The Bertz CT molecular complexity index is 294. The van der Waals surface area contributed by atoms with Gasteiger partial charge in [0.1, 0.15) is 0 Å². The van der Waals surface area contributed by atoms with Crippen molar-refractivity contribution in [1.29, 1.82) is 0 Å². The fourth-order valence-electron chi connectivity index (χ4n) is 3.17. The topological polar surface area (TPSA) is 76.0 Å². The molecule has 0 spiro atoms. The van der Waals surface area contributed by atoms with Gasteiger partial charge < -0.3 is 19.7 Å². The Labute approximate surface area is 121 Å². The second-order valence-electron chi connectivity index (χ2n) is 5.88. The van der Waals surface area contributed by atoms with Crippen LogP contribution in [0.2, 0.25) is 0 Å². The number of aliphatic hydroxyl groups is 1. The average molecular weight is 288 g/mol. The number of carboxylic acids is 1. The highest BCUT2D eigenvalue weighted by Gasteiger charge is 2.43. The Kier molecular flexibility index (Phi) is 7.48. The summed E-state index contributed by atoms with van der Waals surface area (Å²) in [6.07, 6.45) is 3.94. The van der Waals surface area contributed by atoms with E-state index in [1.807, 2.05) is 0 Å². The van der Waals surface area contributed by atoms with Crippen LogP contribution in [0.4, 0.5) is 0 Å². The predicted molar refractivity (Wildman–Crippen MR) is 75.6 cm³/mol. The van der Waals surface area contributed by atoms with Crippen LogP contribution in [0, 0.1) is 11.3 Å². The highest BCUT2D eigenvalue weighted by atomic mass is 16.5. The van der Waals surface area contributed by atoms with Crippen LogP contribution >= 0.6 is 0 Å². The number of methoxy groups -OCH3 is 1. The largest absolute Gasteiger partial charge is 0.481 e.